The Morgan fingerprint density at radius 2 is 1.89 bits per heavy atom. The fraction of sp³-hybridized carbons (Fsp3) is 0.300. The number of hydrogen-bond acceptors (Lipinski definition) is 3. The number of anilines is 1. The van der Waals surface area contributed by atoms with Gasteiger partial charge in [0.25, 0.3) is 5.91 Å². The highest BCUT2D eigenvalue weighted by Gasteiger charge is 2.32. The normalized spacial score (nSPS) is 15.0. The van der Waals surface area contributed by atoms with Crippen molar-refractivity contribution in [1.82, 2.24) is 4.90 Å². The topological polar surface area (TPSA) is 58.6 Å². The van der Waals surface area contributed by atoms with Crippen LogP contribution in [0.25, 0.3) is 0 Å². The van der Waals surface area contributed by atoms with Gasteiger partial charge in [0.15, 0.2) is 6.10 Å². The molecule has 7 heteroatoms. The second kappa shape index (κ2) is 8.19. The van der Waals surface area contributed by atoms with E-state index in [1.807, 2.05) is 19.9 Å². The first kappa shape index (κ1) is 19.5. The maximum absolute atomic E-state index is 12.8. The van der Waals surface area contributed by atoms with Crippen LogP contribution in [0.15, 0.2) is 36.4 Å². The zero-order valence-corrected chi connectivity index (χ0v) is 16.6. The smallest absolute Gasteiger partial charge is 0.264 e. The number of aryl methyl sites for hydroxylation is 1. The van der Waals surface area contributed by atoms with Gasteiger partial charge in [0.2, 0.25) is 5.91 Å². The van der Waals surface area contributed by atoms with Crippen LogP contribution < -0.4 is 10.1 Å². The van der Waals surface area contributed by atoms with E-state index in [9.17, 15) is 9.59 Å². The lowest BCUT2D eigenvalue weighted by Crippen LogP contribution is -2.45. The number of carbonyl (C=O) groups is 2. The Hall–Kier alpha value is -2.24. The first-order valence-electron chi connectivity index (χ1n) is 8.67. The average Bonchev–Trinajstić information content (AvgIpc) is 3.05. The van der Waals surface area contributed by atoms with Gasteiger partial charge >= 0.3 is 0 Å². The van der Waals surface area contributed by atoms with Crippen molar-refractivity contribution in [3.8, 4) is 5.75 Å². The number of carbonyl (C=O) groups excluding carboxylic acids is 2. The summed E-state index contributed by atoms with van der Waals surface area (Å²) in [5, 5.41) is 3.95. The molecule has 2 amide bonds. The predicted octanol–water partition coefficient (Wildman–Crippen LogP) is 4.09. The molecule has 5 nitrogen and oxygen atoms in total. The summed E-state index contributed by atoms with van der Waals surface area (Å²) in [6.07, 6.45) is -0.195. The average molecular weight is 407 g/mol. The van der Waals surface area contributed by atoms with E-state index in [0.29, 0.717) is 34.4 Å². The van der Waals surface area contributed by atoms with Gasteiger partial charge in [0.05, 0.1) is 6.54 Å². The molecule has 1 heterocycles. The van der Waals surface area contributed by atoms with Crippen LogP contribution in [-0.2, 0) is 16.0 Å². The van der Waals surface area contributed by atoms with E-state index in [1.165, 1.54) is 4.90 Å². The van der Waals surface area contributed by atoms with Gasteiger partial charge in [-0.1, -0.05) is 29.3 Å². The van der Waals surface area contributed by atoms with Crippen molar-refractivity contribution in [1.29, 1.82) is 0 Å². The fourth-order valence-corrected chi connectivity index (χ4v) is 3.36. The second-order valence-electron chi connectivity index (χ2n) is 6.42. The molecule has 0 spiro atoms. The SMILES string of the molecule is CCN(CC(=O)Nc1cc(Cl)ccc1C)C(=O)[C@@H]1Cc2cc(Cl)ccc2O1. The number of halogens is 2. The minimum atomic E-state index is -0.640. The molecule has 2 aromatic carbocycles. The molecule has 3 rings (SSSR count). The molecular formula is C20H20Cl2N2O3. The summed E-state index contributed by atoms with van der Waals surface area (Å²) in [5.41, 5.74) is 2.43. The Morgan fingerprint density at radius 3 is 2.63 bits per heavy atom. The number of nitrogens with zero attached hydrogens (tertiary/aromatic N) is 1. The molecule has 0 unspecified atom stereocenters. The summed E-state index contributed by atoms with van der Waals surface area (Å²) in [5.74, 6) is 0.157. The quantitative estimate of drug-likeness (QED) is 0.812. The van der Waals surface area contributed by atoms with Crippen molar-refractivity contribution in [2.45, 2.75) is 26.4 Å². The van der Waals surface area contributed by atoms with E-state index in [2.05, 4.69) is 5.32 Å². The standard InChI is InChI=1S/C20H20Cl2N2O3/c1-3-24(11-19(25)23-16-10-15(22)5-4-12(16)2)20(26)18-9-13-8-14(21)6-7-17(13)27-18/h4-8,10,18H,3,9,11H2,1-2H3,(H,23,25)/t18-/m0/s1. The Morgan fingerprint density at radius 1 is 1.19 bits per heavy atom. The van der Waals surface area contributed by atoms with Gasteiger partial charge in [-0.3, -0.25) is 9.59 Å². The first-order valence-corrected chi connectivity index (χ1v) is 9.43. The third kappa shape index (κ3) is 4.54. The van der Waals surface area contributed by atoms with E-state index in [-0.39, 0.29) is 18.4 Å². The number of ether oxygens (including phenoxy) is 1. The van der Waals surface area contributed by atoms with Crippen molar-refractivity contribution in [3.05, 3.63) is 57.6 Å². The third-order valence-electron chi connectivity index (χ3n) is 4.47. The summed E-state index contributed by atoms with van der Waals surface area (Å²) in [6.45, 7) is 4.05. The van der Waals surface area contributed by atoms with Crippen molar-refractivity contribution in [3.63, 3.8) is 0 Å². The molecule has 0 aliphatic carbocycles. The highest BCUT2D eigenvalue weighted by molar-refractivity contribution is 6.31. The van der Waals surface area contributed by atoms with E-state index >= 15 is 0 Å². The summed E-state index contributed by atoms with van der Waals surface area (Å²) < 4.78 is 5.74. The predicted molar refractivity (Wildman–Crippen MR) is 107 cm³/mol. The highest BCUT2D eigenvalue weighted by Crippen LogP contribution is 2.31. The molecule has 1 N–H and O–H groups in total. The zero-order valence-electron chi connectivity index (χ0n) is 15.1. The third-order valence-corrected chi connectivity index (χ3v) is 4.94. The molecule has 1 atom stereocenters. The van der Waals surface area contributed by atoms with Crippen LogP contribution in [0.4, 0.5) is 5.69 Å². The fourth-order valence-electron chi connectivity index (χ4n) is 3.00. The second-order valence-corrected chi connectivity index (χ2v) is 7.30. The van der Waals surface area contributed by atoms with Gasteiger partial charge in [-0.2, -0.15) is 0 Å². The Balaban J connectivity index is 1.64. The van der Waals surface area contributed by atoms with E-state index in [0.717, 1.165) is 11.1 Å². The molecule has 142 valence electrons. The van der Waals surface area contributed by atoms with Crippen LogP contribution >= 0.6 is 23.2 Å². The van der Waals surface area contributed by atoms with E-state index < -0.39 is 6.10 Å². The number of hydrogen-bond donors (Lipinski definition) is 1. The monoisotopic (exact) mass is 406 g/mol. The van der Waals surface area contributed by atoms with Gasteiger partial charge in [0, 0.05) is 28.7 Å². The molecule has 0 bridgehead atoms. The molecule has 0 saturated carbocycles. The lowest BCUT2D eigenvalue weighted by molar-refractivity contribution is -0.140. The maximum Gasteiger partial charge on any atom is 0.264 e. The summed E-state index contributed by atoms with van der Waals surface area (Å²) in [6, 6.07) is 10.6. The number of likely N-dealkylation sites (N-methyl/N-ethyl adjacent to an activating group) is 1. The van der Waals surface area contributed by atoms with Gasteiger partial charge in [-0.05, 0) is 55.3 Å². The maximum atomic E-state index is 12.8. The van der Waals surface area contributed by atoms with Gasteiger partial charge in [0.1, 0.15) is 5.75 Å². The number of amides is 2. The molecule has 1 aliphatic heterocycles. The molecular weight excluding hydrogens is 387 g/mol. The van der Waals surface area contributed by atoms with Crippen molar-refractivity contribution in [2.24, 2.45) is 0 Å². The number of benzene rings is 2. The summed E-state index contributed by atoms with van der Waals surface area (Å²) >= 11 is 12.0. The highest BCUT2D eigenvalue weighted by atomic mass is 35.5. The minimum Gasteiger partial charge on any atom is -0.480 e. The molecule has 0 fully saturated rings. The minimum absolute atomic E-state index is 0.0573. The first-order chi connectivity index (χ1) is 12.9. The van der Waals surface area contributed by atoms with Crippen molar-refractivity contribution in [2.75, 3.05) is 18.4 Å². The molecule has 2 aromatic rings. The largest absolute Gasteiger partial charge is 0.480 e. The summed E-state index contributed by atoms with van der Waals surface area (Å²) in [4.78, 5) is 26.7. The van der Waals surface area contributed by atoms with Crippen LogP contribution in [0.3, 0.4) is 0 Å². The van der Waals surface area contributed by atoms with Gasteiger partial charge in [-0.15, -0.1) is 0 Å². The summed E-state index contributed by atoms with van der Waals surface area (Å²) in [7, 11) is 0. The van der Waals surface area contributed by atoms with Crippen LogP contribution in [0.2, 0.25) is 10.0 Å². The molecule has 0 radical (unpaired) electrons. The number of fused-ring (bicyclic) bond motifs is 1. The Bertz CT molecular complexity index is 886. The van der Waals surface area contributed by atoms with Crippen LogP contribution in [0, 0.1) is 6.92 Å². The Kier molecular flexibility index (Phi) is 5.92. The molecule has 0 aromatic heterocycles. The molecule has 0 saturated heterocycles. The van der Waals surface area contributed by atoms with Gasteiger partial charge < -0.3 is 15.0 Å². The molecule has 1 aliphatic rings. The number of rotatable bonds is 5. The lowest BCUT2D eigenvalue weighted by atomic mass is 10.1. The van der Waals surface area contributed by atoms with Crippen LogP contribution in [0.1, 0.15) is 18.1 Å². The van der Waals surface area contributed by atoms with E-state index in [1.54, 1.807) is 30.3 Å². The molecule has 27 heavy (non-hydrogen) atoms. The zero-order chi connectivity index (χ0) is 19.6. The van der Waals surface area contributed by atoms with Crippen molar-refractivity contribution < 1.29 is 14.3 Å². The lowest BCUT2D eigenvalue weighted by Gasteiger charge is -2.23. The van der Waals surface area contributed by atoms with Crippen LogP contribution in [0.5, 0.6) is 5.75 Å². The van der Waals surface area contributed by atoms with Gasteiger partial charge in [-0.25, -0.2) is 0 Å². The van der Waals surface area contributed by atoms with E-state index in [4.69, 9.17) is 27.9 Å². The number of nitrogens with one attached hydrogen (secondary N) is 1. The van der Waals surface area contributed by atoms with Crippen LogP contribution in [-0.4, -0.2) is 35.9 Å². The van der Waals surface area contributed by atoms with Crippen molar-refractivity contribution >= 4 is 40.7 Å². The Labute approximate surface area is 168 Å².